The van der Waals surface area contributed by atoms with E-state index in [1.54, 1.807) is 12.1 Å². The molecule has 8 nitrogen and oxygen atoms in total. The molecule has 0 radical (unpaired) electrons. The molecule has 1 saturated heterocycles. The topological polar surface area (TPSA) is 135 Å². The highest BCUT2D eigenvalue weighted by Gasteiger charge is 2.36. The molecule has 1 aromatic rings. The van der Waals surface area contributed by atoms with E-state index in [4.69, 9.17) is 15.5 Å². The summed E-state index contributed by atoms with van der Waals surface area (Å²) in [6.07, 6.45) is 1.88. The molecule has 0 aromatic carbocycles. The number of rotatable bonds is 5. The smallest absolute Gasteiger partial charge is 0.478 e. The number of aliphatic carboxylic acids is 1. The maximum atomic E-state index is 12.0. The van der Waals surface area contributed by atoms with Crippen LogP contribution in [0.2, 0.25) is 0 Å². The predicted molar refractivity (Wildman–Crippen MR) is 78.6 cm³/mol. The highest BCUT2D eigenvalue weighted by molar-refractivity contribution is 6.45. The van der Waals surface area contributed by atoms with E-state index in [-0.39, 0.29) is 18.7 Å². The van der Waals surface area contributed by atoms with Crippen LogP contribution in [0.25, 0.3) is 0 Å². The van der Waals surface area contributed by atoms with Crippen LogP contribution in [0.15, 0.2) is 18.3 Å². The number of carboxylic acid groups (broad SMARTS) is 1. The van der Waals surface area contributed by atoms with Crippen LogP contribution >= 0.6 is 0 Å². The van der Waals surface area contributed by atoms with Gasteiger partial charge in [0.05, 0.1) is 24.9 Å². The summed E-state index contributed by atoms with van der Waals surface area (Å²) in [5.74, 6) is -1.45. The van der Waals surface area contributed by atoms with Gasteiger partial charge in [-0.1, -0.05) is 0 Å². The van der Waals surface area contributed by atoms with Crippen molar-refractivity contribution < 1.29 is 24.4 Å². The number of carbonyl (C=O) groups excluding carboxylic acids is 1. The van der Waals surface area contributed by atoms with Crippen LogP contribution < -0.4 is 11.1 Å². The molecule has 2 atom stereocenters. The Morgan fingerprint density at radius 2 is 2.27 bits per heavy atom. The van der Waals surface area contributed by atoms with Gasteiger partial charge in [-0.2, -0.15) is 0 Å². The molecule has 2 heterocycles. The van der Waals surface area contributed by atoms with Gasteiger partial charge in [0.25, 0.3) is 0 Å². The van der Waals surface area contributed by atoms with E-state index in [2.05, 4.69) is 10.3 Å². The van der Waals surface area contributed by atoms with Crippen molar-refractivity contribution in [2.24, 2.45) is 0 Å². The first-order valence-corrected chi connectivity index (χ1v) is 6.99. The molecule has 0 aliphatic carbocycles. The van der Waals surface area contributed by atoms with Gasteiger partial charge in [0.2, 0.25) is 5.91 Å². The van der Waals surface area contributed by atoms with E-state index < -0.39 is 25.1 Å². The Balaban J connectivity index is 1.83. The van der Waals surface area contributed by atoms with Crippen molar-refractivity contribution in [3.05, 3.63) is 23.9 Å². The predicted octanol–water partition coefficient (Wildman–Crippen LogP) is -0.635. The Morgan fingerprint density at radius 1 is 1.50 bits per heavy atom. The monoisotopic (exact) mass is 307 g/mol. The zero-order chi connectivity index (χ0) is 16.1. The Bertz CT molecular complexity index is 556. The second kappa shape index (κ2) is 7.23. The molecular weight excluding hydrogens is 289 g/mol. The maximum absolute atomic E-state index is 12.0. The standard InChI is InChI=1S/C13H18BN3O5/c15-11-5-8(3-4-16-11)6-12(18)17-10-2-1-9(7-13(19)20)22-14(10)21/h3-5,9-10,21H,1-2,6-7H2,(H2,15,16)(H,17,18)(H,19,20)/t9-,10-/m0/s1. The Labute approximate surface area is 127 Å². The number of amides is 1. The van der Waals surface area contributed by atoms with Crippen molar-refractivity contribution >= 4 is 24.8 Å². The lowest BCUT2D eigenvalue weighted by molar-refractivity contribution is -0.139. The number of hydrogen-bond acceptors (Lipinski definition) is 6. The molecular formula is C13H18BN3O5. The molecule has 0 saturated carbocycles. The van der Waals surface area contributed by atoms with Gasteiger partial charge < -0.3 is 25.8 Å². The fourth-order valence-corrected chi connectivity index (χ4v) is 2.40. The van der Waals surface area contributed by atoms with Gasteiger partial charge in [0.15, 0.2) is 0 Å². The Hall–Kier alpha value is -2.13. The third-order valence-corrected chi connectivity index (χ3v) is 3.43. The average Bonchev–Trinajstić information content (AvgIpc) is 2.41. The zero-order valence-electron chi connectivity index (χ0n) is 11.9. The number of nitrogens with zero attached hydrogens (tertiary/aromatic N) is 1. The van der Waals surface area contributed by atoms with Crippen LogP contribution in [0, 0.1) is 0 Å². The number of carboxylic acids is 1. The molecule has 118 valence electrons. The van der Waals surface area contributed by atoms with Gasteiger partial charge in [-0.05, 0) is 30.5 Å². The van der Waals surface area contributed by atoms with Crippen LogP contribution in [0.4, 0.5) is 5.82 Å². The molecule has 1 aliphatic heterocycles. The lowest BCUT2D eigenvalue weighted by Crippen LogP contribution is -2.53. The minimum absolute atomic E-state index is 0.120. The highest BCUT2D eigenvalue weighted by atomic mass is 16.5. The third kappa shape index (κ3) is 4.71. The molecule has 22 heavy (non-hydrogen) atoms. The summed E-state index contributed by atoms with van der Waals surface area (Å²) in [5.41, 5.74) is 6.27. The summed E-state index contributed by atoms with van der Waals surface area (Å²) in [4.78, 5) is 26.4. The van der Waals surface area contributed by atoms with Crippen molar-refractivity contribution in [3.63, 3.8) is 0 Å². The molecule has 0 unspecified atom stereocenters. The minimum atomic E-state index is -1.20. The lowest BCUT2D eigenvalue weighted by atomic mass is 9.72. The average molecular weight is 307 g/mol. The zero-order valence-corrected chi connectivity index (χ0v) is 11.9. The first-order chi connectivity index (χ1) is 10.4. The van der Waals surface area contributed by atoms with E-state index in [0.717, 1.165) is 5.56 Å². The van der Waals surface area contributed by atoms with Gasteiger partial charge in [0, 0.05) is 6.20 Å². The number of anilines is 1. The second-order valence-corrected chi connectivity index (χ2v) is 5.26. The molecule has 0 bridgehead atoms. The first kappa shape index (κ1) is 16.2. The summed E-state index contributed by atoms with van der Waals surface area (Å²) in [5, 5.41) is 21.2. The number of nitrogens with two attached hydrogens (primary N) is 1. The normalized spacial score (nSPS) is 21.4. The molecule has 9 heteroatoms. The van der Waals surface area contributed by atoms with Crippen LogP contribution in [-0.2, 0) is 20.7 Å². The quantitative estimate of drug-likeness (QED) is 0.532. The molecule has 2 rings (SSSR count). The van der Waals surface area contributed by atoms with Crippen molar-refractivity contribution in [3.8, 4) is 0 Å². The second-order valence-electron chi connectivity index (χ2n) is 5.26. The number of hydrogen-bond donors (Lipinski definition) is 4. The Morgan fingerprint density at radius 3 is 2.91 bits per heavy atom. The molecule has 0 spiro atoms. The van der Waals surface area contributed by atoms with Crippen molar-refractivity contribution in [2.75, 3.05) is 5.73 Å². The fraction of sp³-hybridized carbons (Fsp3) is 0.462. The van der Waals surface area contributed by atoms with Gasteiger partial charge in [-0.25, -0.2) is 4.98 Å². The van der Waals surface area contributed by atoms with Crippen molar-refractivity contribution in [1.29, 1.82) is 0 Å². The molecule has 1 fully saturated rings. The number of aromatic nitrogens is 1. The Kier molecular flexibility index (Phi) is 5.34. The van der Waals surface area contributed by atoms with E-state index in [1.807, 2.05) is 0 Å². The number of nitrogens with one attached hydrogen (secondary N) is 1. The summed E-state index contributed by atoms with van der Waals surface area (Å²) in [6.45, 7) is 0. The molecule has 5 N–H and O–H groups in total. The molecule has 1 amide bonds. The van der Waals surface area contributed by atoms with Gasteiger partial charge >= 0.3 is 13.1 Å². The van der Waals surface area contributed by atoms with Crippen LogP contribution in [-0.4, -0.2) is 46.2 Å². The van der Waals surface area contributed by atoms with Crippen LogP contribution in [0.3, 0.4) is 0 Å². The summed E-state index contributed by atoms with van der Waals surface area (Å²) in [7, 11) is -1.20. The van der Waals surface area contributed by atoms with E-state index in [1.165, 1.54) is 6.20 Å². The van der Waals surface area contributed by atoms with Gasteiger partial charge in [-0.15, -0.1) is 0 Å². The van der Waals surface area contributed by atoms with E-state index >= 15 is 0 Å². The summed E-state index contributed by atoms with van der Waals surface area (Å²) in [6, 6.07) is 3.29. The lowest BCUT2D eigenvalue weighted by Gasteiger charge is -2.30. The summed E-state index contributed by atoms with van der Waals surface area (Å²) >= 11 is 0. The number of carbonyl (C=O) groups is 2. The SMILES string of the molecule is Nc1cc(CC(=O)N[C@H]2CC[C@@H](CC(=O)O)OB2O)ccn1. The molecule has 1 aromatic heterocycles. The minimum Gasteiger partial charge on any atom is -0.481 e. The first-order valence-electron chi connectivity index (χ1n) is 6.99. The maximum Gasteiger partial charge on any atom is 0.478 e. The van der Waals surface area contributed by atoms with E-state index in [0.29, 0.717) is 18.7 Å². The largest absolute Gasteiger partial charge is 0.481 e. The third-order valence-electron chi connectivity index (χ3n) is 3.43. The van der Waals surface area contributed by atoms with Crippen LogP contribution in [0.1, 0.15) is 24.8 Å². The van der Waals surface area contributed by atoms with Gasteiger partial charge in [0.1, 0.15) is 5.82 Å². The van der Waals surface area contributed by atoms with Gasteiger partial charge in [-0.3, -0.25) is 9.59 Å². The van der Waals surface area contributed by atoms with Crippen molar-refractivity contribution in [2.45, 2.75) is 37.7 Å². The fourth-order valence-electron chi connectivity index (χ4n) is 2.40. The van der Waals surface area contributed by atoms with Crippen LogP contribution in [0.5, 0.6) is 0 Å². The number of pyridine rings is 1. The molecule has 1 aliphatic rings. The van der Waals surface area contributed by atoms with E-state index in [9.17, 15) is 14.6 Å². The van der Waals surface area contributed by atoms with Crippen molar-refractivity contribution in [1.82, 2.24) is 10.3 Å². The number of nitrogen functional groups attached to an aromatic ring is 1. The highest BCUT2D eigenvalue weighted by Crippen LogP contribution is 2.18. The summed E-state index contributed by atoms with van der Waals surface area (Å²) < 4.78 is 5.21.